The second kappa shape index (κ2) is 3.57. The molecule has 0 N–H and O–H groups in total. The zero-order valence-corrected chi connectivity index (χ0v) is 11.4. The summed E-state index contributed by atoms with van der Waals surface area (Å²) in [6.45, 7) is 9.57. The molecule has 5 atom stereocenters. The van der Waals surface area contributed by atoms with Crippen LogP contribution in [-0.2, 0) is 0 Å². The third kappa shape index (κ3) is 1.39. The first-order valence-corrected chi connectivity index (χ1v) is 7.08. The van der Waals surface area contributed by atoms with Crippen LogP contribution in [0.15, 0.2) is 12.2 Å². The average molecular weight is 237 g/mol. The Hall–Kier alpha value is -0.370. The molecule has 0 amide bonds. The molecule has 1 nitrogen and oxygen atoms in total. The fraction of sp³-hybridized carbons (Fsp3) is 0.867. The number of alkyl halides is 1. The minimum atomic E-state index is -0.932. The Bertz CT molecular complexity index is 349. The number of hydrogen-bond donors (Lipinski definition) is 0. The molecule has 3 aliphatic rings. The Labute approximate surface area is 104 Å². The van der Waals surface area contributed by atoms with E-state index >= 15 is 4.39 Å². The predicted octanol–water partition coefficient (Wildman–Crippen LogP) is 3.27. The maximum Gasteiger partial charge on any atom is 0.134 e. The van der Waals surface area contributed by atoms with E-state index in [4.69, 9.17) is 0 Å². The summed E-state index contributed by atoms with van der Waals surface area (Å²) in [5.41, 5.74) is -0.932. The molecule has 0 aromatic heterocycles. The van der Waals surface area contributed by atoms with Gasteiger partial charge in [0.1, 0.15) is 5.67 Å². The van der Waals surface area contributed by atoms with Crippen molar-refractivity contribution in [2.45, 2.75) is 51.9 Å². The van der Waals surface area contributed by atoms with E-state index in [0.29, 0.717) is 30.5 Å². The molecule has 0 radical (unpaired) electrons. The zero-order chi connectivity index (χ0) is 12.4. The van der Waals surface area contributed by atoms with Crippen molar-refractivity contribution >= 4 is 0 Å². The maximum atomic E-state index is 15.3. The van der Waals surface area contributed by atoms with E-state index < -0.39 is 5.67 Å². The smallest absolute Gasteiger partial charge is 0.134 e. The van der Waals surface area contributed by atoms with E-state index in [1.165, 1.54) is 0 Å². The van der Waals surface area contributed by atoms with Gasteiger partial charge >= 0.3 is 0 Å². The lowest BCUT2D eigenvalue weighted by molar-refractivity contribution is 0.0959. The number of likely N-dealkylation sites (tertiary alicyclic amines) is 1. The van der Waals surface area contributed by atoms with Gasteiger partial charge in [0.2, 0.25) is 0 Å². The summed E-state index contributed by atoms with van der Waals surface area (Å²) in [5, 5.41) is 0. The van der Waals surface area contributed by atoms with Gasteiger partial charge in [0.05, 0.1) is 0 Å². The molecule has 2 bridgehead atoms. The standard InChI is InChI=1S/C15H24FN/c1-9(2)14-13-11-5-6-12(7-11)15(13,16)8-17(14)10(3)4/h5-6,9-14H,7-8H2,1-4H3. The summed E-state index contributed by atoms with van der Waals surface area (Å²) < 4.78 is 15.3. The highest BCUT2D eigenvalue weighted by atomic mass is 19.1. The number of halogens is 1. The largest absolute Gasteiger partial charge is 0.294 e. The predicted molar refractivity (Wildman–Crippen MR) is 68.5 cm³/mol. The lowest BCUT2D eigenvalue weighted by Gasteiger charge is -2.35. The maximum absolute atomic E-state index is 15.3. The summed E-state index contributed by atoms with van der Waals surface area (Å²) in [6, 6.07) is 0.889. The van der Waals surface area contributed by atoms with Crippen LogP contribution >= 0.6 is 0 Å². The summed E-state index contributed by atoms with van der Waals surface area (Å²) >= 11 is 0. The van der Waals surface area contributed by atoms with E-state index in [2.05, 4.69) is 44.7 Å². The fourth-order valence-electron chi connectivity index (χ4n) is 4.63. The highest BCUT2D eigenvalue weighted by molar-refractivity contribution is 5.26. The molecule has 1 saturated carbocycles. The van der Waals surface area contributed by atoms with Gasteiger partial charge in [-0.2, -0.15) is 0 Å². The lowest BCUT2D eigenvalue weighted by atomic mass is 9.76. The van der Waals surface area contributed by atoms with Crippen molar-refractivity contribution in [3.05, 3.63) is 12.2 Å². The van der Waals surface area contributed by atoms with Crippen LogP contribution in [0.25, 0.3) is 0 Å². The van der Waals surface area contributed by atoms with Crippen LogP contribution < -0.4 is 0 Å². The number of nitrogens with zero attached hydrogens (tertiary/aromatic N) is 1. The summed E-state index contributed by atoms with van der Waals surface area (Å²) in [4.78, 5) is 2.42. The Morgan fingerprint density at radius 2 is 1.94 bits per heavy atom. The molecule has 2 aliphatic carbocycles. The van der Waals surface area contributed by atoms with Gasteiger partial charge in [-0.1, -0.05) is 26.0 Å². The zero-order valence-electron chi connectivity index (χ0n) is 11.4. The van der Waals surface area contributed by atoms with E-state index in [0.717, 1.165) is 6.42 Å². The molecular formula is C15H24FN. The Morgan fingerprint density at radius 3 is 2.53 bits per heavy atom. The third-order valence-corrected chi connectivity index (χ3v) is 5.27. The highest BCUT2D eigenvalue weighted by Crippen LogP contribution is 2.59. The van der Waals surface area contributed by atoms with E-state index in [-0.39, 0.29) is 11.8 Å². The Kier molecular flexibility index (Phi) is 2.46. The molecule has 1 saturated heterocycles. The van der Waals surface area contributed by atoms with Crippen LogP contribution in [0.4, 0.5) is 4.39 Å². The van der Waals surface area contributed by atoms with Crippen LogP contribution in [0.1, 0.15) is 34.1 Å². The van der Waals surface area contributed by atoms with Crippen LogP contribution in [0.3, 0.4) is 0 Å². The van der Waals surface area contributed by atoms with Crippen molar-refractivity contribution in [3.8, 4) is 0 Å². The van der Waals surface area contributed by atoms with Gasteiger partial charge in [0.25, 0.3) is 0 Å². The quantitative estimate of drug-likeness (QED) is 0.666. The number of allylic oxidation sites excluding steroid dienone is 2. The molecule has 96 valence electrons. The number of hydrogen-bond acceptors (Lipinski definition) is 1. The van der Waals surface area contributed by atoms with Crippen molar-refractivity contribution in [2.24, 2.45) is 23.7 Å². The van der Waals surface area contributed by atoms with Crippen molar-refractivity contribution in [1.82, 2.24) is 4.90 Å². The minimum absolute atomic E-state index is 0.197. The molecule has 3 rings (SSSR count). The summed E-state index contributed by atoms with van der Waals surface area (Å²) in [6.07, 6.45) is 5.49. The molecule has 2 fully saturated rings. The Balaban J connectivity index is 1.98. The first kappa shape index (κ1) is 11.7. The lowest BCUT2D eigenvalue weighted by Crippen LogP contribution is -2.42. The first-order chi connectivity index (χ1) is 7.95. The Morgan fingerprint density at radius 1 is 1.24 bits per heavy atom. The molecule has 1 heterocycles. The molecular weight excluding hydrogens is 213 g/mol. The third-order valence-electron chi connectivity index (χ3n) is 5.27. The van der Waals surface area contributed by atoms with E-state index in [1.54, 1.807) is 0 Å². The van der Waals surface area contributed by atoms with E-state index in [9.17, 15) is 0 Å². The molecule has 2 heteroatoms. The van der Waals surface area contributed by atoms with Gasteiger partial charge in [0, 0.05) is 30.5 Å². The monoisotopic (exact) mass is 237 g/mol. The van der Waals surface area contributed by atoms with Crippen LogP contribution in [0, 0.1) is 23.7 Å². The van der Waals surface area contributed by atoms with Crippen molar-refractivity contribution in [2.75, 3.05) is 6.54 Å². The van der Waals surface area contributed by atoms with Gasteiger partial charge in [-0.25, -0.2) is 4.39 Å². The topological polar surface area (TPSA) is 3.24 Å². The highest BCUT2D eigenvalue weighted by Gasteiger charge is 2.65. The van der Waals surface area contributed by atoms with Gasteiger partial charge < -0.3 is 0 Å². The SMILES string of the molecule is CC(C)C1C2C3C=CC(C3)C2(F)CN1C(C)C. The molecule has 0 aromatic carbocycles. The normalized spacial score (nSPS) is 48.6. The van der Waals surface area contributed by atoms with Crippen LogP contribution in [0.2, 0.25) is 0 Å². The molecule has 17 heavy (non-hydrogen) atoms. The molecule has 0 spiro atoms. The van der Waals surface area contributed by atoms with Gasteiger partial charge in [-0.05, 0) is 32.1 Å². The average Bonchev–Trinajstić information content (AvgIpc) is 2.83. The first-order valence-electron chi connectivity index (χ1n) is 7.08. The fourth-order valence-corrected chi connectivity index (χ4v) is 4.63. The van der Waals surface area contributed by atoms with Crippen LogP contribution in [-0.4, -0.2) is 29.2 Å². The number of fused-ring (bicyclic) bond motifs is 5. The number of rotatable bonds is 2. The van der Waals surface area contributed by atoms with E-state index in [1.807, 2.05) is 0 Å². The minimum Gasteiger partial charge on any atom is -0.294 e. The van der Waals surface area contributed by atoms with Crippen molar-refractivity contribution in [3.63, 3.8) is 0 Å². The summed E-state index contributed by atoms with van der Waals surface area (Å²) in [5.74, 6) is 1.50. The van der Waals surface area contributed by atoms with Gasteiger partial charge in [-0.15, -0.1) is 0 Å². The second-order valence-corrected chi connectivity index (χ2v) is 6.84. The molecule has 0 aromatic rings. The molecule has 5 unspecified atom stereocenters. The van der Waals surface area contributed by atoms with Crippen LogP contribution in [0.5, 0.6) is 0 Å². The van der Waals surface area contributed by atoms with Crippen molar-refractivity contribution < 1.29 is 4.39 Å². The second-order valence-electron chi connectivity index (χ2n) is 6.84. The van der Waals surface area contributed by atoms with Gasteiger partial charge in [0.15, 0.2) is 0 Å². The molecule has 1 aliphatic heterocycles. The van der Waals surface area contributed by atoms with Crippen molar-refractivity contribution in [1.29, 1.82) is 0 Å². The summed E-state index contributed by atoms with van der Waals surface area (Å²) in [7, 11) is 0. The van der Waals surface area contributed by atoms with Gasteiger partial charge in [-0.3, -0.25) is 4.90 Å².